The van der Waals surface area contributed by atoms with Crippen molar-refractivity contribution in [1.29, 1.82) is 0 Å². The van der Waals surface area contributed by atoms with Crippen molar-refractivity contribution in [2.45, 2.75) is 45.0 Å². The summed E-state index contributed by atoms with van der Waals surface area (Å²) in [5, 5.41) is 11.6. The van der Waals surface area contributed by atoms with E-state index in [1.54, 1.807) is 14.2 Å². The van der Waals surface area contributed by atoms with Crippen molar-refractivity contribution in [3.63, 3.8) is 0 Å². The van der Waals surface area contributed by atoms with E-state index < -0.39 is 0 Å². The molecule has 2 aliphatic rings. The Hall–Kier alpha value is -1.70. The lowest BCUT2D eigenvalue weighted by Crippen LogP contribution is -2.50. The van der Waals surface area contributed by atoms with Gasteiger partial charge in [-0.15, -0.1) is 24.0 Å². The Kier molecular flexibility index (Phi) is 9.32. The summed E-state index contributed by atoms with van der Waals surface area (Å²) >= 11 is 0. The number of fused-ring (bicyclic) bond motifs is 1. The summed E-state index contributed by atoms with van der Waals surface area (Å²) in [6, 6.07) is 4.45. The lowest BCUT2D eigenvalue weighted by molar-refractivity contribution is 0.0124. The molecule has 2 atom stereocenters. The second-order valence-corrected chi connectivity index (χ2v) is 8.00. The van der Waals surface area contributed by atoms with E-state index in [9.17, 15) is 0 Å². The fourth-order valence-corrected chi connectivity index (χ4v) is 4.18. The second-order valence-electron chi connectivity index (χ2n) is 8.00. The van der Waals surface area contributed by atoms with Crippen molar-refractivity contribution in [3.8, 4) is 0 Å². The smallest absolute Gasteiger partial charge is 0.191 e. The second kappa shape index (κ2) is 12.0. The predicted octanol–water partition coefficient (Wildman–Crippen LogP) is 1.50. The molecule has 1 saturated heterocycles. The Morgan fingerprint density at radius 2 is 2.16 bits per heavy atom. The molecular weight excluding hydrogens is 525 g/mol. The molecule has 2 aromatic rings. The normalized spacial score (nSPS) is 20.3. The monoisotopic (exact) mass is 559 g/mol. The summed E-state index contributed by atoms with van der Waals surface area (Å²) in [4.78, 5) is 11.4. The van der Waals surface area contributed by atoms with Gasteiger partial charge in [-0.1, -0.05) is 0 Å². The zero-order valence-electron chi connectivity index (χ0n) is 19.0. The van der Waals surface area contributed by atoms with Crippen LogP contribution in [-0.2, 0) is 29.0 Å². The zero-order chi connectivity index (χ0) is 21.6. The third-order valence-corrected chi connectivity index (χ3v) is 5.78. The molecule has 0 saturated carbocycles. The molecule has 2 aromatic heterocycles. The van der Waals surface area contributed by atoms with Gasteiger partial charge < -0.3 is 24.5 Å². The van der Waals surface area contributed by atoms with E-state index in [1.165, 1.54) is 0 Å². The first kappa shape index (κ1) is 24.9. The lowest BCUT2D eigenvalue weighted by Gasteiger charge is -2.34. The molecule has 1 fully saturated rings. The highest BCUT2D eigenvalue weighted by Crippen LogP contribution is 2.23. The number of aromatic nitrogens is 3. The number of furan rings is 1. The molecule has 0 bridgehead atoms. The van der Waals surface area contributed by atoms with Gasteiger partial charge in [-0.3, -0.25) is 9.89 Å². The van der Waals surface area contributed by atoms with Crippen LogP contribution in [0.3, 0.4) is 0 Å². The van der Waals surface area contributed by atoms with Gasteiger partial charge in [0.05, 0.1) is 25.8 Å². The molecular formula is C21H34IN7O3. The van der Waals surface area contributed by atoms with Crippen LogP contribution < -0.4 is 10.6 Å². The summed E-state index contributed by atoms with van der Waals surface area (Å²) in [6.07, 6.45) is 1.86. The van der Waals surface area contributed by atoms with Crippen LogP contribution in [0.1, 0.15) is 35.6 Å². The first-order valence-corrected chi connectivity index (χ1v) is 10.9. The minimum absolute atomic E-state index is 0. The van der Waals surface area contributed by atoms with E-state index in [2.05, 4.69) is 36.7 Å². The van der Waals surface area contributed by atoms with E-state index in [-0.39, 0.29) is 36.1 Å². The molecule has 32 heavy (non-hydrogen) atoms. The van der Waals surface area contributed by atoms with Crippen molar-refractivity contribution in [3.05, 3.63) is 35.3 Å². The summed E-state index contributed by atoms with van der Waals surface area (Å²) in [7, 11) is 3.46. The van der Waals surface area contributed by atoms with Crippen LogP contribution in [0.25, 0.3) is 0 Å². The molecule has 4 rings (SSSR count). The Morgan fingerprint density at radius 1 is 1.34 bits per heavy atom. The zero-order valence-corrected chi connectivity index (χ0v) is 21.4. The van der Waals surface area contributed by atoms with Crippen molar-refractivity contribution in [2.24, 2.45) is 4.99 Å². The largest absolute Gasteiger partial charge is 0.465 e. The number of rotatable bonds is 7. The molecule has 10 nitrogen and oxygen atoms in total. The number of nitrogens with one attached hydrogen (secondary N) is 2. The highest BCUT2D eigenvalue weighted by Gasteiger charge is 2.26. The third-order valence-electron chi connectivity index (χ3n) is 5.78. The first-order chi connectivity index (χ1) is 15.2. The molecule has 0 amide bonds. The summed E-state index contributed by atoms with van der Waals surface area (Å²) < 4.78 is 18.6. The average Bonchev–Trinajstić information content (AvgIpc) is 3.39. The Labute approximate surface area is 206 Å². The van der Waals surface area contributed by atoms with Crippen molar-refractivity contribution in [2.75, 3.05) is 47.0 Å². The van der Waals surface area contributed by atoms with Gasteiger partial charge in [-0.25, -0.2) is 9.67 Å². The van der Waals surface area contributed by atoms with E-state index in [0.29, 0.717) is 13.2 Å². The van der Waals surface area contributed by atoms with Crippen molar-refractivity contribution < 1.29 is 13.9 Å². The minimum atomic E-state index is 0. The number of hydrogen-bond donors (Lipinski definition) is 2. The van der Waals surface area contributed by atoms with Crippen LogP contribution in [0, 0.1) is 6.92 Å². The van der Waals surface area contributed by atoms with Gasteiger partial charge in [0.15, 0.2) is 11.8 Å². The SMILES string of the molecule is CN=C(NCC(c1ccc(C)o1)N1CCOCC1)NC1CCc2nc(COC)nn2C1.I. The molecule has 0 spiro atoms. The minimum Gasteiger partial charge on any atom is -0.465 e. The van der Waals surface area contributed by atoms with Crippen LogP contribution >= 0.6 is 24.0 Å². The number of aliphatic imine (C=N–C) groups is 1. The Morgan fingerprint density at radius 3 is 2.84 bits per heavy atom. The van der Waals surface area contributed by atoms with Crippen molar-refractivity contribution in [1.82, 2.24) is 30.3 Å². The highest BCUT2D eigenvalue weighted by molar-refractivity contribution is 14.0. The number of hydrogen-bond acceptors (Lipinski definition) is 7. The van der Waals surface area contributed by atoms with E-state index in [0.717, 1.165) is 74.8 Å². The van der Waals surface area contributed by atoms with Gasteiger partial charge in [-0.2, -0.15) is 5.10 Å². The molecule has 11 heteroatoms. The third kappa shape index (κ3) is 6.21. The van der Waals surface area contributed by atoms with Crippen molar-refractivity contribution >= 4 is 29.9 Å². The van der Waals surface area contributed by atoms with Crippen LogP contribution in [0.4, 0.5) is 0 Å². The number of nitrogens with zero attached hydrogens (tertiary/aromatic N) is 5. The maximum absolute atomic E-state index is 5.96. The van der Waals surface area contributed by atoms with E-state index >= 15 is 0 Å². The van der Waals surface area contributed by atoms with Crippen LogP contribution in [-0.4, -0.2) is 78.7 Å². The van der Waals surface area contributed by atoms with Gasteiger partial charge in [0.25, 0.3) is 0 Å². The quantitative estimate of drug-likeness (QED) is 0.299. The number of morpholine rings is 1. The summed E-state index contributed by atoms with van der Waals surface area (Å²) in [6.45, 7) is 7.15. The van der Waals surface area contributed by atoms with Gasteiger partial charge in [0.2, 0.25) is 0 Å². The topological polar surface area (TPSA) is 102 Å². The van der Waals surface area contributed by atoms with Crippen LogP contribution in [0.2, 0.25) is 0 Å². The van der Waals surface area contributed by atoms with Gasteiger partial charge >= 0.3 is 0 Å². The maximum Gasteiger partial charge on any atom is 0.191 e. The summed E-state index contributed by atoms with van der Waals surface area (Å²) in [5.41, 5.74) is 0. The predicted molar refractivity (Wildman–Crippen MR) is 131 cm³/mol. The molecule has 0 aliphatic carbocycles. The highest BCUT2D eigenvalue weighted by atomic mass is 127. The average molecular weight is 559 g/mol. The number of aryl methyl sites for hydroxylation is 2. The molecule has 0 radical (unpaired) electrons. The van der Waals surface area contributed by atoms with Gasteiger partial charge in [0, 0.05) is 46.3 Å². The van der Waals surface area contributed by atoms with E-state index in [4.69, 9.17) is 13.9 Å². The van der Waals surface area contributed by atoms with Gasteiger partial charge in [0.1, 0.15) is 24.0 Å². The molecule has 2 unspecified atom stereocenters. The first-order valence-electron chi connectivity index (χ1n) is 10.9. The lowest BCUT2D eigenvalue weighted by atomic mass is 10.1. The number of guanidine groups is 1. The van der Waals surface area contributed by atoms with Gasteiger partial charge in [-0.05, 0) is 25.5 Å². The summed E-state index contributed by atoms with van der Waals surface area (Å²) in [5.74, 6) is 4.44. The fourth-order valence-electron chi connectivity index (χ4n) is 4.18. The fraction of sp³-hybridized carbons (Fsp3) is 0.667. The number of ether oxygens (including phenoxy) is 2. The molecule has 0 aromatic carbocycles. The Bertz CT molecular complexity index is 879. The maximum atomic E-state index is 5.96. The molecule has 2 N–H and O–H groups in total. The number of methoxy groups -OCH3 is 1. The van der Waals surface area contributed by atoms with Crippen LogP contribution in [0.15, 0.2) is 21.5 Å². The Balaban J connectivity index is 0.00000289. The molecule has 178 valence electrons. The molecule has 4 heterocycles. The molecule has 2 aliphatic heterocycles. The standard InChI is InChI=1S/C21H33N7O3.HI/c1-15-4-6-18(31-15)17(27-8-10-30-11-9-27)12-23-21(22-2)24-16-5-7-20-25-19(14-29-3)26-28(20)13-16;/h4,6,16-17H,5,7-14H2,1-3H3,(H2,22,23,24);1H. The van der Waals surface area contributed by atoms with E-state index in [1.807, 2.05) is 17.7 Å². The number of halogens is 1. The van der Waals surface area contributed by atoms with Crippen LogP contribution in [0.5, 0.6) is 0 Å².